The lowest BCUT2D eigenvalue weighted by Gasteiger charge is -2.28. The average molecular weight is 360 g/mol. The summed E-state index contributed by atoms with van der Waals surface area (Å²) in [5, 5.41) is 0.862. The van der Waals surface area contributed by atoms with Gasteiger partial charge in [0.2, 0.25) is 5.91 Å². The number of fused-ring (bicyclic) bond motifs is 1. The Balaban J connectivity index is 1.88. The van der Waals surface area contributed by atoms with E-state index in [-0.39, 0.29) is 11.8 Å². The van der Waals surface area contributed by atoms with Crippen LogP contribution in [0, 0.1) is 5.92 Å². The molecule has 1 fully saturated rings. The first-order valence-electron chi connectivity index (χ1n) is 9.44. The summed E-state index contributed by atoms with van der Waals surface area (Å²) in [6.45, 7) is 3.73. The van der Waals surface area contributed by atoms with Crippen molar-refractivity contribution in [1.82, 2.24) is 9.88 Å². The number of nitrogens with zero attached hydrogens (tertiary/aromatic N) is 3. The molecule has 0 bridgehead atoms. The van der Waals surface area contributed by atoms with Crippen LogP contribution in [-0.4, -0.2) is 43.0 Å². The summed E-state index contributed by atoms with van der Waals surface area (Å²) in [5.41, 5.74) is 2.32. The van der Waals surface area contributed by atoms with Crippen LogP contribution in [-0.2, 0) is 11.2 Å². The molecule has 25 heavy (non-hydrogen) atoms. The Morgan fingerprint density at radius 2 is 1.96 bits per heavy atom. The summed E-state index contributed by atoms with van der Waals surface area (Å²) >= 11 is 1.65. The molecule has 1 aromatic carbocycles. The fourth-order valence-electron chi connectivity index (χ4n) is 3.46. The summed E-state index contributed by atoms with van der Waals surface area (Å²) in [7, 11) is 4.10. The van der Waals surface area contributed by atoms with Gasteiger partial charge in [0.05, 0.1) is 10.2 Å². The molecule has 5 heteroatoms. The van der Waals surface area contributed by atoms with Crippen LogP contribution in [0.15, 0.2) is 18.2 Å². The number of amides is 1. The maximum absolute atomic E-state index is 13.2. The van der Waals surface area contributed by atoms with Gasteiger partial charge < -0.3 is 4.90 Å². The van der Waals surface area contributed by atoms with E-state index in [1.807, 2.05) is 4.90 Å². The molecule has 1 heterocycles. The first-order valence-corrected chi connectivity index (χ1v) is 10.3. The van der Waals surface area contributed by atoms with E-state index >= 15 is 0 Å². The third-order valence-electron chi connectivity index (χ3n) is 5.07. The highest BCUT2D eigenvalue weighted by Crippen LogP contribution is 2.33. The van der Waals surface area contributed by atoms with Crippen LogP contribution in [0.25, 0.3) is 10.2 Å². The number of anilines is 1. The lowest BCUT2D eigenvalue weighted by Crippen LogP contribution is -2.41. The maximum Gasteiger partial charge on any atom is 0.231 e. The molecule has 0 unspecified atom stereocenters. The predicted octanol–water partition coefficient (Wildman–Crippen LogP) is 4.33. The molecular weight excluding hydrogens is 330 g/mol. The van der Waals surface area contributed by atoms with E-state index in [9.17, 15) is 4.79 Å². The smallest absolute Gasteiger partial charge is 0.231 e. The van der Waals surface area contributed by atoms with Crippen LogP contribution in [0.5, 0.6) is 0 Å². The van der Waals surface area contributed by atoms with Crippen molar-refractivity contribution in [2.75, 3.05) is 32.1 Å². The Kier molecular flexibility index (Phi) is 6.07. The minimum absolute atomic E-state index is 0.175. The largest absolute Gasteiger partial charge is 0.308 e. The van der Waals surface area contributed by atoms with E-state index in [1.165, 1.54) is 29.5 Å². The molecule has 0 saturated heterocycles. The van der Waals surface area contributed by atoms with Gasteiger partial charge in [-0.2, -0.15) is 0 Å². The van der Waals surface area contributed by atoms with E-state index in [4.69, 9.17) is 4.98 Å². The fraction of sp³-hybridized carbons (Fsp3) is 0.600. The van der Waals surface area contributed by atoms with Gasteiger partial charge in [0.1, 0.15) is 0 Å². The number of hydrogen-bond acceptors (Lipinski definition) is 4. The molecule has 2 aromatic rings. The van der Waals surface area contributed by atoms with Gasteiger partial charge in [0, 0.05) is 19.0 Å². The molecule has 0 radical (unpaired) electrons. The minimum atomic E-state index is 0.175. The number of hydrogen-bond donors (Lipinski definition) is 0. The Hall–Kier alpha value is -1.46. The molecule has 136 valence electrons. The van der Waals surface area contributed by atoms with Gasteiger partial charge in [-0.15, -0.1) is 0 Å². The van der Waals surface area contributed by atoms with Gasteiger partial charge in [-0.3, -0.25) is 9.69 Å². The number of benzene rings is 1. The molecule has 1 aromatic heterocycles. The van der Waals surface area contributed by atoms with Crippen LogP contribution in [0.1, 0.15) is 44.6 Å². The molecule has 1 amide bonds. The van der Waals surface area contributed by atoms with Crippen molar-refractivity contribution in [1.29, 1.82) is 0 Å². The quantitative estimate of drug-likeness (QED) is 0.770. The molecule has 4 nitrogen and oxygen atoms in total. The molecule has 1 aliphatic rings. The van der Waals surface area contributed by atoms with Gasteiger partial charge in [-0.05, 0) is 51.1 Å². The number of aryl methyl sites for hydroxylation is 1. The van der Waals surface area contributed by atoms with Gasteiger partial charge in [-0.25, -0.2) is 4.98 Å². The average Bonchev–Trinajstić information content (AvgIpc) is 3.04. The van der Waals surface area contributed by atoms with E-state index in [0.29, 0.717) is 6.54 Å². The fourth-order valence-corrected chi connectivity index (χ4v) is 4.52. The molecule has 3 rings (SSSR count). The minimum Gasteiger partial charge on any atom is -0.308 e. The van der Waals surface area contributed by atoms with Crippen molar-refractivity contribution in [2.45, 2.75) is 45.4 Å². The Morgan fingerprint density at radius 1 is 1.20 bits per heavy atom. The highest BCUT2D eigenvalue weighted by Gasteiger charge is 2.28. The molecule has 0 spiro atoms. The SMILES string of the molecule is CCc1ccc2nc(N(CCN(C)C)C(=O)C3CCCCC3)sc2c1. The molecule has 0 N–H and O–H groups in total. The molecule has 0 atom stereocenters. The number of carbonyl (C=O) groups is 1. The summed E-state index contributed by atoms with van der Waals surface area (Å²) in [6, 6.07) is 6.44. The van der Waals surface area contributed by atoms with Gasteiger partial charge in [-0.1, -0.05) is 43.6 Å². The summed E-state index contributed by atoms with van der Waals surface area (Å²) in [5.74, 6) is 0.449. The summed E-state index contributed by atoms with van der Waals surface area (Å²) < 4.78 is 1.18. The second kappa shape index (κ2) is 8.28. The second-order valence-corrected chi connectivity index (χ2v) is 8.29. The second-order valence-electron chi connectivity index (χ2n) is 7.28. The lowest BCUT2D eigenvalue weighted by molar-refractivity contribution is -0.123. The predicted molar refractivity (Wildman–Crippen MR) is 106 cm³/mol. The number of likely N-dealkylation sites (N-methyl/N-ethyl adjacent to an activating group) is 1. The van der Waals surface area contributed by atoms with E-state index in [1.54, 1.807) is 11.3 Å². The monoisotopic (exact) mass is 359 g/mol. The highest BCUT2D eigenvalue weighted by atomic mass is 32.1. The zero-order valence-electron chi connectivity index (χ0n) is 15.6. The third-order valence-corrected chi connectivity index (χ3v) is 6.11. The van der Waals surface area contributed by atoms with Gasteiger partial charge >= 0.3 is 0 Å². The van der Waals surface area contributed by atoms with Crippen molar-refractivity contribution in [3.63, 3.8) is 0 Å². The van der Waals surface area contributed by atoms with Crippen LogP contribution in [0.4, 0.5) is 5.13 Å². The Bertz CT molecular complexity index is 719. The zero-order valence-corrected chi connectivity index (χ0v) is 16.4. The van der Waals surface area contributed by atoms with Crippen LogP contribution >= 0.6 is 11.3 Å². The summed E-state index contributed by atoms with van der Waals surface area (Å²) in [6.07, 6.45) is 6.70. The van der Waals surface area contributed by atoms with Crippen molar-refractivity contribution in [2.24, 2.45) is 5.92 Å². The first-order chi connectivity index (χ1) is 12.1. The van der Waals surface area contributed by atoms with Crippen LogP contribution in [0.2, 0.25) is 0 Å². The number of rotatable bonds is 6. The number of carbonyl (C=O) groups excluding carboxylic acids is 1. The highest BCUT2D eigenvalue weighted by molar-refractivity contribution is 7.22. The molecule has 1 aliphatic carbocycles. The van der Waals surface area contributed by atoms with Crippen LogP contribution < -0.4 is 4.90 Å². The normalized spacial score (nSPS) is 15.8. The molecule has 1 saturated carbocycles. The topological polar surface area (TPSA) is 36.4 Å². The van der Waals surface area contributed by atoms with Gasteiger partial charge in [0.15, 0.2) is 5.13 Å². The Labute approximate surface area is 154 Å². The van der Waals surface area contributed by atoms with Gasteiger partial charge in [0.25, 0.3) is 0 Å². The standard InChI is InChI=1S/C20H29N3OS/c1-4-15-10-11-17-18(14-15)25-20(21-17)23(13-12-22(2)3)19(24)16-8-6-5-7-9-16/h10-11,14,16H,4-9,12-13H2,1-3H3. The Morgan fingerprint density at radius 3 is 2.64 bits per heavy atom. The molecular formula is C20H29N3OS. The number of thiazole rings is 1. The zero-order chi connectivity index (χ0) is 17.8. The number of aromatic nitrogens is 1. The maximum atomic E-state index is 13.2. The van der Waals surface area contributed by atoms with Crippen molar-refractivity contribution < 1.29 is 4.79 Å². The third kappa shape index (κ3) is 4.39. The van der Waals surface area contributed by atoms with E-state index in [0.717, 1.165) is 36.5 Å². The summed E-state index contributed by atoms with van der Waals surface area (Å²) in [4.78, 5) is 22.1. The van der Waals surface area contributed by atoms with E-state index < -0.39 is 0 Å². The first kappa shape index (κ1) is 18.3. The van der Waals surface area contributed by atoms with Crippen molar-refractivity contribution in [3.05, 3.63) is 23.8 Å². The van der Waals surface area contributed by atoms with Crippen molar-refractivity contribution >= 4 is 32.6 Å². The lowest BCUT2D eigenvalue weighted by atomic mass is 9.88. The molecule has 0 aliphatic heterocycles. The van der Waals surface area contributed by atoms with Crippen molar-refractivity contribution in [3.8, 4) is 0 Å². The van der Waals surface area contributed by atoms with E-state index in [2.05, 4.69) is 44.1 Å². The van der Waals surface area contributed by atoms with Crippen LogP contribution in [0.3, 0.4) is 0 Å².